The second kappa shape index (κ2) is 6.73. The number of rotatable bonds is 5. The van der Waals surface area contributed by atoms with Gasteiger partial charge in [0.1, 0.15) is 0 Å². The highest BCUT2D eigenvalue weighted by Gasteiger charge is 2.33. The van der Waals surface area contributed by atoms with Crippen molar-refractivity contribution < 1.29 is 4.74 Å². The highest BCUT2D eigenvalue weighted by Crippen LogP contribution is 2.34. The summed E-state index contributed by atoms with van der Waals surface area (Å²) in [6.45, 7) is 16.1. The molecule has 2 heteroatoms. The Morgan fingerprint density at radius 1 is 1.05 bits per heavy atom. The van der Waals surface area contributed by atoms with Crippen molar-refractivity contribution in [1.29, 1.82) is 0 Å². The molecule has 114 valence electrons. The van der Waals surface area contributed by atoms with Crippen LogP contribution in [0.4, 0.5) is 0 Å². The zero-order valence-electron chi connectivity index (χ0n) is 14.4. The van der Waals surface area contributed by atoms with Gasteiger partial charge in [-0.15, -0.1) is 0 Å². The number of benzene rings is 1. The van der Waals surface area contributed by atoms with E-state index in [4.69, 9.17) is 4.74 Å². The Morgan fingerprint density at radius 3 is 2.05 bits per heavy atom. The fraction of sp³-hybridized carbons (Fsp3) is 0.667. The van der Waals surface area contributed by atoms with E-state index in [0.29, 0.717) is 0 Å². The van der Waals surface area contributed by atoms with Crippen molar-refractivity contribution in [1.82, 2.24) is 5.32 Å². The van der Waals surface area contributed by atoms with Gasteiger partial charge in [0, 0.05) is 6.61 Å². The molecule has 0 heterocycles. The molecule has 0 aliphatic heterocycles. The van der Waals surface area contributed by atoms with Gasteiger partial charge in [0.15, 0.2) is 0 Å². The summed E-state index contributed by atoms with van der Waals surface area (Å²) in [6, 6.07) is 4.80. The van der Waals surface area contributed by atoms with Crippen LogP contribution in [-0.4, -0.2) is 19.8 Å². The minimum absolute atomic E-state index is 0.0922. The van der Waals surface area contributed by atoms with Crippen molar-refractivity contribution in [2.75, 3.05) is 13.7 Å². The van der Waals surface area contributed by atoms with E-state index in [9.17, 15) is 0 Å². The van der Waals surface area contributed by atoms with Crippen LogP contribution in [-0.2, 0) is 4.74 Å². The van der Waals surface area contributed by atoms with E-state index in [0.717, 1.165) is 6.61 Å². The van der Waals surface area contributed by atoms with E-state index in [2.05, 4.69) is 65.9 Å². The summed E-state index contributed by atoms with van der Waals surface area (Å²) in [5, 5.41) is 3.47. The van der Waals surface area contributed by atoms with Crippen LogP contribution in [0, 0.1) is 26.2 Å². The fourth-order valence-corrected chi connectivity index (χ4v) is 2.81. The Bertz CT molecular complexity index is 445. The van der Waals surface area contributed by atoms with Gasteiger partial charge in [-0.05, 0) is 62.4 Å². The van der Waals surface area contributed by atoms with Crippen LogP contribution in [0.25, 0.3) is 0 Å². The van der Waals surface area contributed by atoms with Gasteiger partial charge in [-0.1, -0.05) is 32.9 Å². The monoisotopic (exact) mass is 277 g/mol. The summed E-state index contributed by atoms with van der Waals surface area (Å²) in [5.41, 5.74) is 5.47. The van der Waals surface area contributed by atoms with Crippen LogP contribution in [0.5, 0.6) is 0 Å². The van der Waals surface area contributed by atoms with Crippen molar-refractivity contribution in [3.63, 3.8) is 0 Å². The number of hydrogen-bond acceptors (Lipinski definition) is 2. The Labute approximate surface area is 124 Å². The van der Waals surface area contributed by atoms with Gasteiger partial charge in [0.2, 0.25) is 0 Å². The van der Waals surface area contributed by atoms with Gasteiger partial charge in [0.25, 0.3) is 0 Å². The normalized spacial score (nSPS) is 15.2. The first-order chi connectivity index (χ1) is 9.22. The van der Waals surface area contributed by atoms with E-state index < -0.39 is 0 Å². The summed E-state index contributed by atoms with van der Waals surface area (Å²) < 4.78 is 6.08. The minimum Gasteiger partial charge on any atom is -0.376 e. The van der Waals surface area contributed by atoms with Crippen LogP contribution < -0.4 is 5.32 Å². The Morgan fingerprint density at radius 2 is 1.60 bits per heavy atom. The van der Waals surface area contributed by atoms with Gasteiger partial charge in [-0.2, -0.15) is 0 Å². The summed E-state index contributed by atoms with van der Waals surface area (Å²) in [6.07, 6.45) is 0.151. The third-order valence-electron chi connectivity index (χ3n) is 4.03. The van der Waals surface area contributed by atoms with E-state index in [-0.39, 0.29) is 17.6 Å². The lowest BCUT2D eigenvalue weighted by molar-refractivity contribution is -0.0352. The number of ether oxygens (including phenoxy) is 1. The third-order valence-corrected chi connectivity index (χ3v) is 4.03. The predicted octanol–water partition coefficient (Wildman–Crippen LogP) is 4.32. The maximum atomic E-state index is 6.08. The summed E-state index contributed by atoms with van der Waals surface area (Å²) in [4.78, 5) is 0. The predicted molar refractivity (Wildman–Crippen MR) is 87.3 cm³/mol. The molecular weight excluding hydrogens is 246 g/mol. The first-order valence-corrected chi connectivity index (χ1v) is 7.59. The maximum Gasteiger partial charge on any atom is 0.0817 e. The number of hydrogen-bond donors (Lipinski definition) is 1. The second-order valence-electron chi connectivity index (χ2n) is 6.80. The van der Waals surface area contributed by atoms with Crippen LogP contribution >= 0.6 is 0 Å². The highest BCUT2D eigenvalue weighted by molar-refractivity contribution is 5.39. The number of nitrogens with one attached hydrogen (secondary N) is 1. The molecule has 0 spiro atoms. The van der Waals surface area contributed by atoms with Crippen LogP contribution in [0.3, 0.4) is 0 Å². The summed E-state index contributed by atoms with van der Waals surface area (Å²) in [5.74, 6) is 0. The second-order valence-corrected chi connectivity index (χ2v) is 6.80. The molecular formula is C18H31NO. The van der Waals surface area contributed by atoms with Crippen molar-refractivity contribution in [3.05, 3.63) is 34.4 Å². The molecule has 0 bridgehead atoms. The average Bonchev–Trinajstić information content (AvgIpc) is 2.33. The zero-order valence-corrected chi connectivity index (χ0v) is 14.4. The molecule has 1 aromatic rings. The fourth-order valence-electron chi connectivity index (χ4n) is 2.81. The Hall–Kier alpha value is -0.860. The zero-order chi connectivity index (χ0) is 15.5. The van der Waals surface area contributed by atoms with E-state index in [1.807, 2.05) is 7.05 Å². The third kappa shape index (κ3) is 3.83. The number of likely N-dealkylation sites (N-methyl/N-ethyl adjacent to an activating group) is 1. The van der Waals surface area contributed by atoms with Crippen molar-refractivity contribution in [2.24, 2.45) is 5.41 Å². The number of aryl methyl sites for hydroxylation is 3. The first-order valence-electron chi connectivity index (χ1n) is 7.59. The molecule has 20 heavy (non-hydrogen) atoms. The first kappa shape index (κ1) is 17.2. The van der Waals surface area contributed by atoms with E-state index >= 15 is 0 Å². The van der Waals surface area contributed by atoms with Crippen molar-refractivity contribution in [3.8, 4) is 0 Å². The molecule has 0 radical (unpaired) electrons. The average molecular weight is 277 g/mol. The smallest absolute Gasteiger partial charge is 0.0817 e. The van der Waals surface area contributed by atoms with E-state index in [1.54, 1.807) is 0 Å². The topological polar surface area (TPSA) is 21.3 Å². The van der Waals surface area contributed by atoms with Gasteiger partial charge in [-0.25, -0.2) is 0 Å². The van der Waals surface area contributed by atoms with Gasteiger partial charge in [0.05, 0.1) is 12.1 Å². The van der Waals surface area contributed by atoms with Crippen LogP contribution in [0.2, 0.25) is 0 Å². The molecule has 0 fully saturated rings. The van der Waals surface area contributed by atoms with Crippen molar-refractivity contribution in [2.45, 2.75) is 60.6 Å². The lowest BCUT2D eigenvalue weighted by Gasteiger charge is -2.37. The lowest BCUT2D eigenvalue weighted by Crippen LogP contribution is -2.41. The largest absolute Gasteiger partial charge is 0.376 e. The van der Waals surface area contributed by atoms with Crippen LogP contribution in [0.1, 0.15) is 56.0 Å². The summed E-state index contributed by atoms with van der Waals surface area (Å²) >= 11 is 0. The molecule has 0 saturated carbocycles. The molecule has 0 amide bonds. The van der Waals surface area contributed by atoms with Crippen LogP contribution in [0.15, 0.2) is 12.1 Å². The molecule has 1 N–H and O–H groups in total. The molecule has 0 saturated heterocycles. The molecule has 2 unspecified atom stereocenters. The molecule has 0 aromatic heterocycles. The standard InChI is InChI=1S/C18H31NO/c1-9-20-17(18(5,6)7)16(19-8)15-11-13(3)12(2)10-14(15)4/h10-11,16-17,19H,9H2,1-8H3. The molecule has 2 atom stereocenters. The minimum atomic E-state index is 0.0922. The van der Waals surface area contributed by atoms with E-state index in [1.165, 1.54) is 22.3 Å². The Kier molecular flexibility index (Phi) is 5.79. The highest BCUT2D eigenvalue weighted by atomic mass is 16.5. The van der Waals surface area contributed by atoms with Gasteiger partial charge >= 0.3 is 0 Å². The maximum absolute atomic E-state index is 6.08. The molecule has 2 nitrogen and oxygen atoms in total. The Balaban J connectivity index is 3.26. The lowest BCUT2D eigenvalue weighted by atomic mass is 9.80. The molecule has 1 rings (SSSR count). The molecule has 0 aliphatic carbocycles. The van der Waals surface area contributed by atoms with Gasteiger partial charge in [-0.3, -0.25) is 0 Å². The van der Waals surface area contributed by atoms with Gasteiger partial charge < -0.3 is 10.1 Å². The van der Waals surface area contributed by atoms with Crippen molar-refractivity contribution >= 4 is 0 Å². The summed E-state index contributed by atoms with van der Waals surface area (Å²) in [7, 11) is 2.02. The molecule has 0 aliphatic rings. The molecule has 1 aromatic carbocycles. The quantitative estimate of drug-likeness (QED) is 0.865. The SMILES string of the molecule is CCOC(C(NC)c1cc(C)c(C)cc1C)C(C)(C)C.